The van der Waals surface area contributed by atoms with Crippen molar-refractivity contribution in [2.45, 2.75) is 85.3 Å². The van der Waals surface area contributed by atoms with Crippen LogP contribution in [0.3, 0.4) is 0 Å². The molecule has 1 N–H and O–H groups in total. The normalized spacial score (nSPS) is 18.3. The molecule has 0 radical (unpaired) electrons. The molecule has 1 aromatic heterocycles. The van der Waals surface area contributed by atoms with Crippen LogP contribution < -0.4 is 15.0 Å². The average molecular weight is 724 g/mol. The van der Waals surface area contributed by atoms with Crippen LogP contribution in [0.2, 0.25) is 0 Å². The van der Waals surface area contributed by atoms with Crippen molar-refractivity contribution >= 4 is 29.4 Å². The van der Waals surface area contributed by atoms with Gasteiger partial charge >= 0.3 is 6.09 Å². The van der Waals surface area contributed by atoms with Gasteiger partial charge in [0.1, 0.15) is 28.6 Å². The molecule has 2 atom stereocenters. The second-order valence-electron chi connectivity index (χ2n) is 16.3. The van der Waals surface area contributed by atoms with Gasteiger partial charge in [0, 0.05) is 77.7 Å². The highest BCUT2D eigenvalue weighted by atomic mass is 16.6. The lowest BCUT2D eigenvalue weighted by Gasteiger charge is -2.45. The number of piperidine rings is 1. The lowest BCUT2D eigenvalue weighted by atomic mass is 9.90. The molecule has 2 aliphatic rings. The molecular formula is C39H61N7O6. The summed E-state index contributed by atoms with van der Waals surface area (Å²) in [5.41, 5.74) is 0.309. The van der Waals surface area contributed by atoms with Crippen molar-refractivity contribution in [1.82, 2.24) is 24.7 Å². The molecule has 3 heterocycles. The van der Waals surface area contributed by atoms with E-state index in [1.165, 1.54) is 0 Å². The van der Waals surface area contributed by atoms with Crippen LogP contribution in [0.1, 0.15) is 84.4 Å². The van der Waals surface area contributed by atoms with Crippen LogP contribution >= 0.6 is 0 Å². The lowest BCUT2D eigenvalue weighted by molar-refractivity contribution is -0.138. The van der Waals surface area contributed by atoms with E-state index in [0.717, 1.165) is 17.9 Å². The zero-order valence-corrected chi connectivity index (χ0v) is 33.0. The number of methoxy groups -OCH3 is 2. The predicted molar refractivity (Wildman–Crippen MR) is 203 cm³/mol. The molecule has 3 amide bonds. The minimum atomic E-state index is -0.721. The summed E-state index contributed by atoms with van der Waals surface area (Å²) in [7, 11) is 3.32. The van der Waals surface area contributed by atoms with Crippen molar-refractivity contribution < 1.29 is 28.6 Å². The number of ether oxygens (including phenoxy) is 3. The zero-order valence-electron chi connectivity index (χ0n) is 33.0. The van der Waals surface area contributed by atoms with Crippen molar-refractivity contribution in [2.24, 2.45) is 11.8 Å². The number of hydrogen-bond donors (Lipinski definition) is 1. The Morgan fingerprint density at radius 3 is 2.29 bits per heavy atom. The van der Waals surface area contributed by atoms with Crippen LogP contribution in [-0.2, 0) is 19.7 Å². The van der Waals surface area contributed by atoms with Crippen molar-refractivity contribution in [3.05, 3.63) is 41.9 Å². The van der Waals surface area contributed by atoms with Gasteiger partial charge in [0.25, 0.3) is 5.91 Å². The summed E-state index contributed by atoms with van der Waals surface area (Å²) in [6.45, 7) is 20.1. The Labute approximate surface area is 310 Å². The maximum atomic E-state index is 14.7. The molecule has 2 fully saturated rings. The first kappa shape index (κ1) is 40.6. The largest absolute Gasteiger partial charge is 0.495 e. The van der Waals surface area contributed by atoms with Gasteiger partial charge in [-0.3, -0.25) is 9.59 Å². The average Bonchev–Trinajstić information content (AvgIpc) is 3.10. The van der Waals surface area contributed by atoms with Gasteiger partial charge in [-0.05, 0) is 51.7 Å². The van der Waals surface area contributed by atoms with Gasteiger partial charge in [0.15, 0.2) is 0 Å². The van der Waals surface area contributed by atoms with Gasteiger partial charge in [-0.25, -0.2) is 14.8 Å². The molecule has 13 heteroatoms. The number of likely N-dealkylation sites (tertiary alicyclic amines) is 1. The van der Waals surface area contributed by atoms with Crippen LogP contribution in [0.25, 0.3) is 0 Å². The number of nitrogens with one attached hydrogen (secondary N) is 1. The van der Waals surface area contributed by atoms with E-state index in [4.69, 9.17) is 19.2 Å². The number of aromatic nitrogens is 2. The maximum absolute atomic E-state index is 14.7. The molecule has 0 aliphatic carbocycles. The topological polar surface area (TPSA) is 130 Å². The van der Waals surface area contributed by atoms with E-state index < -0.39 is 23.7 Å². The van der Waals surface area contributed by atoms with Crippen LogP contribution in [0, 0.1) is 11.8 Å². The number of anilines is 2. The molecule has 2 saturated heterocycles. The minimum Gasteiger partial charge on any atom is -0.495 e. The summed E-state index contributed by atoms with van der Waals surface area (Å²) in [5, 5.41) is 3.36. The number of carbonyl (C=O) groups is 3. The first-order chi connectivity index (χ1) is 24.5. The van der Waals surface area contributed by atoms with Gasteiger partial charge in [0.2, 0.25) is 5.91 Å². The van der Waals surface area contributed by atoms with Crippen LogP contribution in [0.5, 0.6) is 5.75 Å². The summed E-state index contributed by atoms with van der Waals surface area (Å²) in [6, 6.07) is 7.46. The maximum Gasteiger partial charge on any atom is 0.410 e. The molecule has 52 heavy (non-hydrogen) atoms. The second-order valence-corrected chi connectivity index (χ2v) is 16.3. The smallest absolute Gasteiger partial charge is 0.410 e. The van der Waals surface area contributed by atoms with Crippen LogP contribution in [-0.4, -0.2) is 127 Å². The fourth-order valence-electron chi connectivity index (χ4n) is 6.67. The number of amides is 3. The number of carbonyl (C=O) groups excluding carboxylic acids is 3. The van der Waals surface area contributed by atoms with Gasteiger partial charge in [-0.1, -0.05) is 46.8 Å². The fraction of sp³-hybridized carbons (Fsp3) is 0.667. The van der Waals surface area contributed by atoms with E-state index in [0.29, 0.717) is 69.5 Å². The summed E-state index contributed by atoms with van der Waals surface area (Å²) in [4.78, 5) is 59.6. The standard InChI is InChI=1S/C39H61N7O6/c1-27(2)24-46(35(48)30-23-41-36(38(3,4)5)42-33(30)40-16-13-21-50-9)29-22-28(25-45(26-29)37(49)52-39(6,7)8)34(47)44-19-17-43(18-20-44)31-14-11-12-15-32(31)51-10/h11-12,14-15,23,27-29H,13,16-22,24-26H2,1-10H3,(H,40,41,42)/t28-,29+/m1/s1. The van der Waals surface area contributed by atoms with E-state index in [2.05, 4.69) is 29.0 Å². The Bertz CT molecular complexity index is 1510. The van der Waals surface area contributed by atoms with E-state index in [1.807, 2.05) is 75.6 Å². The first-order valence-electron chi connectivity index (χ1n) is 18.6. The lowest BCUT2D eigenvalue weighted by Crippen LogP contribution is -2.59. The fourth-order valence-corrected chi connectivity index (χ4v) is 6.67. The monoisotopic (exact) mass is 723 g/mol. The molecule has 1 aromatic carbocycles. The zero-order chi connectivity index (χ0) is 38.2. The highest BCUT2D eigenvalue weighted by Crippen LogP contribution is 2.31. The van der Waals surface area contributed by atoms with E-state index in [1.54, 1.807) is 25.3 Å². The van der Waals surface area contributed by atoms with Crippen LogP contribution in [0.4, 0.5) is 16.3 Å². The third kappa shape index (κ3) is 10.7. The highest BCUT2D eigenvalue weighted by molar-refractivity contribution is 5.99. The molecule has 0 bridgehead atoms. The molecule has 0 spiro atoms. The minimum absolute atomic E-state index is 0.0201. The molecule has 2 aliphatic heterocycles. The van der Waals surface area contributed by atoms with Crippen molar-refractivity contribution in [3.8, 4) is 5.75 Å². The summed E-state index contributed by atoms with van der Waals surface area (Å²) in [6.07, 6.45) is 2.27. The van der Waals surface area contributed by atoms with E-state index in [9.17, 15) is 14.4 Å². The summed E-state index contributed by atoms with van der Waals surface area (Å²) in [5.74, 6) is 1.23. The SMILES string of the molecule is COCCCNc1nc(C(C)(C)C)ncc1C(=O)N(CC(C)C)[C@H]1C[C@@H](C(=O)N2CCN(c3ccccc3OC)CC2)CN(C(=O)OC(C)(C)C)C1. The Balaban J connectivity index is 1.63. The van der Waals surface area contributed by atoms with E-state index >= 15 is 0 Å². The quantitative estimate of drug-likeness (QED) is 0.288. The highest BCUT2D eigenvalue weighted by Gasteiger charge is 2.42. The second kappa shape index (κ2) is 17.6. The third-order valence-electron chi connectivity index (χ3n) is 9.22. The predicted octanol–water partition coefficient (Wildman–Crippen LogP) is 5.30. The third-order valence-corrected chi connectivity index (χ3v) is 9.22. The number of piperazine rings is 1. The summed E-state index contributed by atoms with van der Waals surface area (Å²) >= 11 is 0. The molecule has 288 valence electrons. The number of nitrogens with zero attached hydrogens (tertiary/aromatic N) is 6. The number of benzene rings is 1. The van der Waals surface area contributed by atoms with Crippen molar-refractivity contribution in [3.63, 3.8) is 0 Å². The Kier molecular flexibility index (Phi) is 13.7. The van der Waals surface area contributed by atoms with Gasteiger partial charge < -0.3 is 39.1 Å². The number of para-hydroxylation sites is 2. The van der Waals surface area contributed by atoms with Crippen LogP contribution in [0.15, 0.2) is 30.5 Å². The number of rotatable bonds is 12. The Morgan fingerprint density at radius 1 is 0.981 bits per heavy atom. The Hall–Kier alpha value is -4.13. The molecule has 0 saturated carbocycles. The van der Waals surface area contributed by atoms with Gasteiger partial charge in [-0.15, -0.1) is 0 Å². The number of hydrogen-bond acceptors (Lipinski definition) is 10. The molecule has 13 nitrogen and oxygen atoms in total. The summed E-state index contributed by atoms with van der Waals surface area (Å²) < 4.78 is 16.6. The van der Waals surface area contributed by atoms with Gasteiger partial charge in [0.05, 0.1) is 24.8 Å². The molecule has 0 unspecified atom stereocenters. The molecule has 4 rings (SSSR count). The molecular weight excluding hydrogens is 662 g/mol. The first-order valence-corrected chi connectivity index (χ1v) is 18.6. The van der Waals surface area contributed by atoms with E-state index in [-0.39, 0.29) is 36.2 Å². The van der Waals surface area contributed by atoms with Gasteiger partial charge in [-0.2, -0.15) is 0 Å². The van der Waals surface area contributed by atoms with Crippen molar-refractivity contribution in [1.29, 1.82) is 0 Å². The van der Waals surface area contributed by atoms with Crippen molar-refractivity contribution in [2.75, 3.05) is 83.4 Å². The Morgan fingerprint density at radius 2 is 1.67 bits per heavy atom. The molecule has 2 aromatic rings.